The zero-order valence-corrected chi connectivity index (χ0v) is 12.3. The van der Waals surface area contributed by atoms with Crippen molar-refractivity contribution in [3.63, 3.8) is 0 Å². The van der Waals surface area contributed by atoms with Gasteiger partial charge in [0.15, 0.2) is 11.6 Å². The molecular formula is C15H17ClF2N2. The minimum atomic E-state index is -0.841. The predicted molar refractivity (Wildman–Crippen MR) is 75.9 cm³/mol. The first kappa shape index (κ1) is 13.8. The maximum absolute atomic E-state index is 14.2. The molecule has 1 heterocycles. The van der Waals surface area contributed by atoms with Crippen LogP contribution in [0, 0.1) is 17.0 Å². The molecule has 3 rings (SSSR count). The first-order chi connectivity index (χ1) is 9.41. The maximum atomic E-state index is 14.2. The number of alkyl halides is 1. The van der Waals surface area contributed by atoms with E-state index < -0.39 is 11.6 Å². The third-order valence-electron chi connectivity index (χ3n) is 4.29. The van der Waals surface area contributed by atoms with E-state index in [0.717, 1.165) is 18.9 Å². The molecule has 0 radical (unpaired) electrons. The summed E-state index contributed by atoms with van der Waals surface area (Å²) in [6.07, 6.45) is 3.38. The Morgan fingerprint density at radius 3 is 2.65 bits per heavy atom. The molecule has 1 fully saturated rings. The van der Waals surface area contributed by atoms with Crippen molar-refractivity contribution in [1.29, 1.82) is 0 Å². The summed E-state index contributed by atoms with van der Waals surface area (Å²) in [7, 11) is 0. The summed E-state index contributed by atoms with van der Waals surface area (Å²) in [5, 5.41) is -0.339. The van der Waals surface area contributed by atoms with Crippen molar-refractivity contribution >= 4 is 22.6 Å². The van der Waals surface area contributed by atoms with E-state index in [9.17, 15) is 8.78 Å². The summed E-state index contributed by atoms with van der Waals surface area (Å²) >= 11 is 6.16. The normalized spacial score (nSPS) is 19.1. The topological polar surface area (TPSA) is 17.8 Å². The molecule has 0 aliphatic heterocycles. The first-order valence-corrected chi connectivity index (χ1v) is 7.33. The van der Waals surface area contributed by atoms with Gasteiger partial charge in [-0.05, 0) is 37.3 Å². The number of benzene rings is 1. The fourth-order valence-electron chi connectivity index (χ4n) is 2.96. The molecule has 1 aromatic carbocycles. The van der Waals surface area contributed by atoms with Crippen molar-refractivity contribution in [3.8, 4) is 0 Å². The van der Waals surface area contributed by atoms with Crippen LogP contribution >= 0.6 is 11.6 Å². The van der Waals surface area contributed by atoms with E-state index in [2.05, 4.69) is 11.9 Å². The van der Waals surface area contributed by atoms with Crippen LogP contribution in [0.1, 0.15) is 44.3 Å². The van der Waals surface area contributed by atoms with Crippen LogP contribution in [-0.4, -0.2) is 9.55 Å². The van der Waals surface area contributed by atoms with Crippen molar-refractivity contribution in [3.05, 3.63) is 29.6 Å². The van der Waals surface area contributed by atoms with Crippen molar-refractivity contribution in [2.75, 3.05) is 0 Å². The molecule has 0 saturated heterocycles. The van der Waals surface area contributed by atoms with Crippen molar-refractivity contribution in [1.82, 2.24) is 9.55 Å². The van der Waals surface area contributed by atoms with Crippen molar-refractivity contribution in [2.45, 2.75) is 45.0 Å². The largest absolute Gasteiger partial charge is 0.324 e. The van der Waals surface area contributed by atoms with Crippen LogP contribution in [-0.2, 0) is 6.54 Å². The average molecular weight is 299 g/mol. The van der Waals surface area contributed by atoms with Gasteiger partial charge < -0.3 is 4.57 Å². The van der Waals surface area contributed by atoms with E-state index in [-0.39, 0.29) is 16.3 Å². The van der Waals surface area contributed by atoms with Gasteiger partial charge in [-0.2, -0.15) is 0 Å². The van der Waals surface area contributed by atoms with Crippen LogP contribution in [0.25, 0.3) is 11.0 Å². The lowest BCUT2D eigenvalue weighted by Crippen LogP contribution is -2.31. The summed E-state index contributed by atoms with van der Waals surface area (Å²) < 4.78 is 29.4. The average Bonchev–Trinajstić information content (AvgIpc) is 2.71. The molecule has 1 aromatic heterocycles. The van der Waals surface area contributed by atoms with Crippen LogP contribution in [0.2, 0.25) is 0 Å². The Hall–Kier alpha value is -1.16. The number of imidazole rings is 1. The highest BCUT2D eigenvalue weighted by Crippen LogP contribution is 2.43. The van der Waals surface area contributed by atoms with E-state index in [1.807, 2.05) is 0 Å². The fraction of sp³-hybridized carbons (Fsp3) is 0.533. The molecular weight excluding hydrogens is 282 g/mol. The summed E-state index contributed by atoms with van der Waals surface area (Å²) in [4.78, 5) is 4.38. The molecule has 1 unspecified atom stereocenters. The number of aromatic nitrogens is 2. The van der Waals surface area contributed by atoms with E-state index in [1.165, 1.54) is 12.5 Å². The van der Waals surface area contributed by atoms with Crippen LogP contribution in [0.5, 0.6) is 0 Å². The zero-order valence-electron chi connectivity index (χ0n) is 11.6. The minimum absolute atomic E-state index is 0.132. The third kappa shape index (κ3) is 2.10. The summed E-state index contributed by atoms with van der Waals surface area (Å²) in [5.74, 6) is -1.06. The smallest absolute Gasteiger partial charge is 0.184 e. The molecule has 2 nitrogen and oxygen atoms in total. The highest BCUT2D eigenvalue weighted by molar-refractivity contribution is 6.20. The third-order valence-corrected chi connectivity index (χ3v) is 4.48. The van der Waals surface area contributed by atoms with E-state index in [0.29, 0.717) is 17.9 Å². The Bertz CT molecular complexity index is 659. The number of halogens is 3. The van der Waals surface area contributed by atoms with Gasteiger partial charge in [-0.25, -0.2) is 13.8 Å². The Labute approximate surface area is 121 Å². The summed E-state index contributed by atoms with van der Waals surface area (Å²) in [6, 6.07) is 2.62. The Kier molecular flexibility index (Phi) is 3.24. The van der Waals surface area contributed by atoms with E-state index in [4.69, 9.17) is 11.6 Å². The quantitative estimate of drug-likeness (QED) is 0.744. The Morgan fingerprint density at radius 2 is 2.10 bits per heavy atom. The van der Waals surface area contributed by atoms with Crippen LogP contribution < -0.4 is 0 Å². The van der Waals surface area contributed by atoms with Gasteiger partial charge in [-0.15, -0.1) is 11.6 Å². The highest BCUT2D eigenvalue weighted by atomic mass is 35.5. The van der Waals surface area contributed by atoms with Gasteiger partial charge in [-0.1, -0.05) is 13.3 Å². The standard InChI is InChI=1S/C15H17ClF2N2/c1-9(16)14-19-11-5-4-10(17)12(18)13(11)20(14)8-15(2)6-3-7-15/h4-5,9H,3,6-8H2,1-2H3. The SMILES string of the molecule is CC(Cl)c1nc2ccc(F)c(F)c2n1CC1(C)CCC1. The van der Waals surface area contributed by atoms with E-state index in [1.54, 1.807) is 11.5 Å². The number of hydrogen-bond acceptors (Lipinski definition) is 1. The van der Waals surface area contributed by atoms with Crippen LogP contribution in [0.4, 0.5) is 8.78 Å². The molecule has 1 saturated carbocycles. The number of nitrogens with zero attached hydrogens (tertiary/aromatic N) is 2. The molecule has 0 bridgehead atoms. The molecule has 1 aliphatic rings. The molecule has 0 amide bonds. The molecule has 108 valence electrons. The first-order valence-electron chi connectivity index (χ1n) is 6.89. The highest BCUT2D eigenvalue weighted by Gasteiger charge is 2.34. The number of rotatable bonds is 3. The second-order valence-electron chi connectivity index (χ2n) is 6.07. The Morgan fingerprint density at radius 1 is 1.40 bits per heavy atom. The molecule has 0 N–H and O–H groups in total. The van der Waals surface area contributed by atoms with Crippen LogP contribution in [0.3, 0.4) is 0 Å². The molecule has 2 aromatic rings. The lowest BCUT2D eigenvalue weighted by Gasteiger charge is -2.39. The second kappa shape index (κ2) is 4.69. The summed E-state index contributed by atoms with van der Waals surface area (Å²) in [6.45, 7) is 4.61. The van der Waals surface area contributed by atoms with Gasteiger partial charge in [0.25, 0.3) is 0 Å². The molecule has 20 heavy (non-hydrogen) atoms. The van der Waals surface area contributed by atoms with Crippen LogP contribution in [0.15, 0.2) is 12.1 Å². The van der Waals surface area contributed by atoms with Gasteiger partial charge in [0.2, 0.25) is 0 Å². The van der Waals surface area contributed by atoms with Gasteiger partial charge >= 0.3 is 0 Å². The monoisotopic (exact) mass is 298 g/mol. The van der Waals surface area contributed by atoms with Crippen molar-refractivity contribution < 1.29 is 8.78 Å². The lowest BCUT2D eigenvalue weighted by atomic mass is 9.70. The molecule has 0 spiro atoms. The molecule has 5 heteroatoms. The predicted octanol–water partition coefficient (Wildman–Crippen LogP) is 4.80. The minimum Gasteiger partial charge on any atom is -0.324 e. The number of hydrogen-bond donors (Lipinski definition) is 0. The summed E-state index contributed by atoms with van der Waals surface area (Å²) in [5.41, 5.74) is 0.836. The zero-order chi connectivity index (χ0) is 14.5. The molecule has 1 atom stereocenters. The van der Waals surface area contributed by atoms with E-state index >= 15 is 0 Å². The van der Waals surface area contributed by atoms with Gasteiger partial charge in [0.1, 0.15) is 11.3 Å². The maximum Gasteiger partial charge on any atom is 0.184 e. The number of fused-ring (bicyclic) bond motifs is 1. The fourth-order valence-corrected chi connectivity index (χ4v) is 3.13. The lowest BCUT2D eigenvalue weighted by molar-refractivity contribution is 0.132. The second-order valence-corrected chi connectivity index (χ2v) is 6.72. The molecule has 1 aliphatic carbocycles. The van der Waals surface area contributed by atoms with Crippen molar-refractivity contribution in [2.24, 2.45) is 5.41 Å². The Balaban J connectivity index is 2.19. The van der Waals surface area contributed by atoms with Gasteiger partial charge in [0.05, 0.1) is 10.9 Å². The van der Waals surface area contributed by atoms with Gasteiger partial charge in [-0.3, -0.25) is 0 Å². The van der Waals surface area contributed by atoms with Gasteiger partial charge in [0, 0.05) is 6.54 Å².